The zero-order chi connectivity index (χ0) is 12.7. The molecule has 0 unspecified atom stereocenters. The van der Waals surface area contributed by atoms with Crippen LogP contribution in [0.1, 0.15) is 10.4 Å². The van der Waals surface area contributed by atoms with Gasteiger partial charge in [0.05, 0.1) is 21.5 Å². The van der Waals surface area contributed by atoms with Crippen LogP contribution in [0, 0.1) is 5.82 Å². The summed E-state index contributed by atoms with van der Waals surface area (Å²) in [6.45, 7) is 0. The van der Waals surface area contributed by atoms with E-state index in [0.29, 0.717) is 11.3 Å². The second-order valence-corrected chi connectivity index (χ2v) is 4.49. The lowest BCUT2D eigenvalue weighted by Crippen LogP contribution is -1.98. The van der Waals surface area contributed by atoms with Crippen LogP contribution in [0.15, 0.2) is 23.8 Å². The van der Waals surface area contributed by atoms with Crippen LogP contribution in [0.5, 0.6) is 0 Å². The summed E-state index contributed by atoms with van der Waals surface area (Å²) in [5.74, 6) is -1.33. The van der Waals surface area contributed by atoms with E-state index in [9.17, 15) is 9.18 Å². The maximum absolute atomic E-state index is 13.3. The predicted molar refractivity (Wildman–Crippen MR) is 64.1 cm³/mol. The quantitative estimate of drug-likeness (QED) is 0.744. The van der Waals surface area contributed by atoms with Gasteiger partial charge in [0.15, 0.2) is 0 Å². The molecule has 0 aliphatic carbocycles. The number of aromatic carboxylic acids is 1. The third-order valence-corrected chi connectivity index (χ3v) is 3.23. The number of nitrogens with one attached hydrogen (secondary N) is 1. The van der Waals surface area contributed by atoms with E-state index in [4.69, 9.17) is 5.11 Å². The summed E-state index contributed by atoms with van der Waals surface area (Å²) in [6.07, 6.45) is 1.61. The van der Waals surface area contributed by atoms with E-state index in [2.05, 4.69) is 15.0 Å². The highest BCUT2D eigenvalue weighted by atomic mass is 32.1. The lowest BCUT2D eigenvalue weighted by molar-refractivity contribution is 0.0698. The number of carboxylic acids is 1. The van der Waals surface area contributed by atoms with E-state index in [1.807, 2.05) is 0 Å². The zero-order valence-electron chi connectivity index (χ0n) is 8.85. The minimum atomic E-state index is -1.21. The van der Waals surface area contributed by atoms with Gasteiger partial charge in [0.2, 0.25) is 0 Å². The molecular formula is C11H6FN3O2S. The minimum absolute atomic E-state index is 0.156. The molecule has 1 aromatic carbocycles. The molecule has 5 nitrogen and oxygen atoms in total. The first kappa shape index (κ1) is 10.8. The Morgan fingerprint density at radius 2 is 2.28 bits per heavy atom. The fraction of sp³-hybridized carbons (Fsp3) is 0. The second-order valence-electron chi connectivity index (χ2n) is 3.61. The van der Waals surface area contributed by atoms with Gasteiger partial charge >= 0.3 is 5.97 Å². The largest absolute Gasteiger partial charge is 0.478 e. The lowest BCUT2D eigenvalue weighted by Gasteiger charge is -1.95. The molecule has 0 atom stereocenters. The number of hydrogen-bond acceptors (Lipinski definition) is 4. The summed E-state index contributed by atoms with van der Waals surface area (Å²) in [7, 11) is 0. The molecule has 2 heterocycles. The monoisotopic (exact) mass is 263 g/mol. The zero-order valence-corrected chi connectivity index (χ0v) is 9.66. The molecule has 18 heavy (non-hydrogen) atoms. The number of benzene rings is 1. The molecule has 0 aliphatic heterocycles. The number of hydrogen-bond donors (Lipinski definition) is 2. The van der Waals surface area contributed by atoms with Crippen LogP contribution in [0.4, 0.5) is 4.39 Å². The molecule has 0 amide bonds. The van der Waals surface area contributed by atoms with Crippen LogP contribution in [-0.4, -0.2) is 26.0 Å². The minimum Gasteiger partial charge on any atom is -0.478 e. The average Bonchev–Trinajstić information content (AvgIpc) is 2.95. The molecule has 2 N–H and O–H groups in total. The first-order valence-corrected chi connectivity index (χ1v) is 5.84. The van der Waals surface area contributed by atoms with Crippen molar-refractivity contribution >= 4 is 28.3 Å². The molecule has 0 spiro atoms. The molecular weight excluding hydrogens is 257 g/mol. The number of imidazole rings is 1. The number of rotatable bonds is 2. The van der Waals surface area contributed by atoms with Crippen molar-refractivity contribution in [1.82, 2.24) is 15.0 Å². The van der Waals surface area contributed by atoms with Crippen molar-refractivity contribution in [2.75, 3.05) is 0 Å². The number of H-pyrrole nitrogens is 1. The van der Waals surface area contributed by atoms with Crippen molar-refractivity contribution in [1.29, 1.82) is 0 Å². The van der Waals surface area contributed by atoms with Gasteiger partial charge in [0, 0.05) is 6.20 Å². The van der Waals surface area contributed by atoms with Crippen molar-refractivity contribution < 1.29 is 14.3 Å². The lowest BCUT2D eigenvalue weighted by atomic mass is 10.2. The van der Waals surface area contributed by atoms with Crippen LogP contribution in [0.25, 0.3) is 21.7 Å². The van der Waals surface area contributed by atoms with Crippen LogP contribution in [0.2, 0.25) is 0 Å². The molecule has 3 rings (SSSR count). The molecule has 2 aromatic heterocycles. The summed E-state index contributed by atoms with van der Waals surface area (Å²) in [6, 6.07) is 2.18. The number of carbonyl (C=O) groups is 1. The summed E-state index contributed by atoms with van der Waals surface area (Å²) in [5.41, 5.74) is 2.08. The van der Waals surface area contributed by atoms with Gasteiger partial charge in [0.1, 0.15) is 17.2 Å². The van der Waals surface area contributed by atoms with Crippen LogP contribution >= 0.6 is 11.3 Å². The van der Waals surface area contributed by atoms with E-state index in [1.54, 1.807) is 11.7 Å². The normalized spacial score (nSPS) is 10.9. The number of aromatic amines is 1. The number of fused-ring (bicyclic) bond motifs is 1. The van der Waals surface area contributed by atoms with Gasteiger partial charge in [-0.1, -0.05) is 0 Å². The van der Waals surface area contributed by atoms with Crippen molar-refractivity contribution in [3.8, 4) is 10.7 Å². The topological polar surface area (TPSA) is 78.9 Å². The molecule has 0 aliphatic rings. The molecule has 0 saturated carbocycles. The van der Waals surface area contributed by atoms with E-state index in [0.717, 1.165) is 10.9 Å². The van der Waals surface area contributed by atoms with E-state index >= 15 is 0 Å². The fourth-order valence-corrected chi connectivity index (χ4v) is 2.26. The highest BCUT2D eigenvalue weighted by molar-refractivity contribution is 7.13. The Bertz CT molecular complexity index is 736. The Balaban J connectivity index is 2.29. The van der Waals surface area contributed by atoms with Gasteiger partial charge in [0.25, 0.3) is 0 Å². The van der Waals surface area contributed by atoms with Crippen LogP contribution in [0.3, 0.4) is 0 Å². The van der Waals surface area contributed by atoms with E-state index in [1.165, 1.54) is 17.4 Å². The van der Waals surface area contributed by atoms with Crippen molar-refractivity contribution in [3.05, 3.63) is 35.2 Å². The van der Waals surface area contributed by atoms with E-state index in [-0.39, 0.29) is 11.1 Å². The summed E-state index contributed by atoms with van der Waals surface area (Å²) >= 11 is 1.36. The van der Waals surface area contributed by atoms with Crippen molar-refractivity contribution in [2.45, 2.75) is 0 Å². The smallest absolute Gasteiger partial charge is 0.338 e. The third-order valence-electron chi connectivity index (χ3n) is 2.45. The van der Waals surface area contributed by atoms with Crippen LogP contribution < -0.4 is 0 Å². The van der Waals surface area contributed by atoms with Gasteiger partial charge in [-0.05, 0) is 12.1 Å². The SMILES string of the molecule is O=C(O)c1cc(F)cc2[nH]c(-c3cncs3)nc12. The first-order chi connectivity index (χ1) is 8.65. The first-order valence-electron chi connectivity index (χ1n) is 4.96. The Morgan fingerprint density at radius 3 is 2.94 bits per heavy atom. The Kier molecular flexibility index (Phi) is 2.34. The van der Waals surface area contributed by atoms with Gasteiger partial charge in [-0.15, -0.1) is 11.3 Å². The van der Waals surface area contributed by atoms with Crippen molar-refractivity contribution in [2.24, 2.45) is 0 Å². The van der Waals surface area contributed by atoms with E-state index < -0.39 is 11.8 Å². The van der Waals surface area contributed by atoms with Gasteiger partial charge in [-0.3, -0.25) is 4.98 Å². The maximum Gasteiger partial charge on any atom is 0.338 e. The molecule has 7 heteroatoms. The van der Waals surface area contributed by atoms with Gasteiger partial charge in [-0.25, -0.2) is 14.2 Å². The average molecular weight is 263 g/mol. The molecule has 0 radical (unpaired) electrons. The number of nitrogens with zero attached hydrogens (tertiary/aromatic N) is 2. The highest BCUT2D eigenvalue weighted by Crippen LogP contribution is 2.25. The standard InChI is InChI=1S/C11H6FN3O2S/c12-5-1-6(11(16)17)9-7(2-5)14-10(15-9)8-3-13-4-18-8/h1-4H,(H,14,15)(H,16,17). The number of thiazole rings is 1. The summed E-state index contributed by atoms with van der Waals surface area (Å²) in [4.78, 5) is 22.8. The number of aromatic nitrogens is 3. The third kappa shape index (κ3) is 1.65. The Labute approximate surface area is 104 Å². The van der Waals surface area contributed by atoms with Crippen molar-refractivity contribution in [3.63, 3.8) is 0 Å². The maximum atomic E-state index is 13.3. The highest BCUT2D eigenvalue weighted by Gasteiger charge is 2.16. The fourth-order valence-electron chi connectivity index (χ4n) is 1.69. The van der Waals surface area contributed by atoms with Gasteiger partial charge < -0.3 is 10.1 Å². The molecule has 90 valence electrons. The summed E-state index contributed by atoms with van der Waals surface area (Å²) in [5, 5.41) is 9.02. The Morgan fingerprint density at radius 1 is 1.44 bits per heavy atom. The Hall–Kier alpha value is -2.28. The van der Waals surface area contributed by atoms with Crippen LogP contribution in [-0.2, 0) is 0 Å². The molecule has 0 bridgehead atoms. The second kappa shape index (κ2) is 3.88. The number of halogens is 1. The predicted octanol–water partition coefficient (Wildman–Crippen LogP) is 2.52. The van der Waals surface area contributed by atoms with Gasteiger partial charge in [-0.2, -0.15) is 0 Å². The molecule has 3 aromatic rings. The molecule has 0 fully saturated rings. The number of carboxylic acid groups (broad SMARTS) is 1. The molecule has 0 saturated heterocycles. The summed E-state index contributed by atoms with van der Waals surface area (Å²) < 4.78 is 13.3.